The van der Waals surface area contributed by atoms with E-state index < -0.39 is 16.1 Å². The standard InChI is InChI=1S/C15H20N2O5S/c1-16(9-11-5-6-13-14(8-11)22-10-21-13)15(18)12-4-3-7-17(12)23(2,19)20/h5-6,8,12H,3-4,7,9-10H2,1-2H3/t12-/m1/s1. The molecule has 0 N–H and O–H groups in total. The van der Waals surface area contributed by atoms with E-state index in [2.05, 4.69) is 0 Å². The van der Waals surface area contributed by atoms with Gasteiger partial charge in [-0.1, -0.05) is 6.07 Å². The van der Waals surface area contributed by atoms with Gasteiger partial charge in [0.25, 0.3) is 0 Å². The first-order valence-corrected chi connectivity index (χ1v) is 9.31. The summed E-state index contributed by atoms with van der Waals surface area (Å²) in [4.78, 5) is 14.2. The molecule has 23 heavy (non-hydrogen) atoms. The predicted octanol–water partition coefficient (Wildman–Crippen LogP) is 0.798. The Kier molecular flexibility index (Phi) is 4.20. The average molecular weight is 340 g/mol. The van der Waals surface area contributed by atoms with Crippen molar-refractivity contribution < 1.29 is 22.7 Å². The van der Waals surface area contributed by atoms with Crippen LogP contribution < -0.4 is 9.47 Å². The Labute approximate surface area is 135 Å². The number of carbonyl (C=O) groups is 1. The second-order valence-electron chi connectivity index (χ2n) is 5.91. The molecule has 8 heteroatoms. The average Bonchev–Trinajstić information content (AvgIpc) is 3.14. The molecule has 0 radical (unpaired) electrons. The molecule has 1 fully saturated rings. The van der Waals surface area contributed by atoms with Crippen molar-refractivity contribution in [1.29, 1.82) is 0 Å². The van der Waals surface area contributed by atoms with E-state index in [1.165, 1.54) is 4.31 Å². The fraction of sp³-hybridized carbons (Fsp3) is 0.533. The van der Waals surface area contributed by atoms with Gasteiger partial charge in [-0.25, -0.2) is 8.42 Å². The minimum atomic E-state index is -3.36. The number of ether oxygens (including phenoxy) is 2. The van der Waals surface area contributed by atoms with Gasteiger partial charge in [-0.2, -0.15) is 4.31 Å². The highest BCUT2D eigenvalue weighted by Gasteiger charge is 2.37. The molecular formula is C15H20N2O5S. The Morgan fingerprint density at radius 3 is 2.83 bits per heavy atom. The lowest BCUT2D eigenvalue weighted by atomic mass is 10.1. The van der Waals surface area contributed by atoms with Crippen LogP contribution in [0, 0.1) is 0 Å². The summed E-state index contributed by atoms with van der Waals surface area (Å²) < 4.78 is 35.5. The topological polar surface area (TPSA) is 76.2 Å². The summed E-state index contributed by atoms with van der Waals surface area (Å²) in [5.41, 5.74) is 0.911. The third kappa shape index (κ3) is 3.28. The normalized spacial score (nSPS) is 20.7. The Balaban J connectivity index is 1.70. The van der Waals surface area contributed by atoms with Gasteiger partial charge in [0.1, 0.15) is 6.04 Å². The number of carbonyl (C=O) groups excluding carboxylic acids is 1. The zero-order valence-electron chi connectivity index (χ0n) is 13.2. The first-order chi connectivity index (χ1) is 10.9. The van der Waals surface area contributed by atoms with Crippen molar-refractivity contribution in [3.8, 4) is 11.5 Å². The molecule has 2 aliphatic rings. The molecule has 7 nitrogen and oxygen atoms in total. The summed E-state index contributed by atoms with van der Waals surface area (Å²) in [6, 6.07) is 4.94. The Morgan fingerprint density at radius 1 is 1.35 bits per heavy atom. The molecule has 1 aromatic rings. The highest BCUT2D eigenvalue weighted by Crippen LogP contribution is 2.33. The molecule has 2 aliphatic heterocycles. The number of likely N-dealkylation sites (N-methyl/N-ethyl adjacent to an activating group) is 1. The van der Waals surface area contributed by atoms with Gasteiger partial charge < -0.3 is 14.4 Å². The number of sulfonamides is 1. The molecule has 1 saturated heterocycles. The monoisotopic (exact) mass is 340 g/mol. The van der Waals surface area contributed by atoms with E-state index in [1.807, 2.05) is 18.2 Å². The molecule has 0 unspecified atom stereocenters. The predicted molar refractivity (Wildman–Crippen MR) is 83.6 cm³/mol. The van der Waals surface area contributed by atoms with Crippen LogP contribution in [0.25, 0.3) is 0 Å². The van der Waals surface area contributed by atoms with Crippen molar-refractivity contribution in [2.24, 2.45) is 0 Å². The first kappa shape index (κ1) is 16.1. The highest BCUT2D eigenvalue weighted by molar-refractivity contribution is 7.88. The second kappa shape index (κ2) is 6.01. The van der Waals surface area contributed by atoms with Crippen LogP contribution in [0.4, 0.5) is 0 Å². The van der Waals surface area contributed by atoms with Gasteiger partial charge in [-0.3, -0.25) is 4.79 Å². The fourth-order valence-electron chi connectivity index (χ4n) is 3.03. The smallest absolute Gasteiger partial charge is 0.241 e. The largest absolute Gasteiger partial charge is 0.454 e. The molecule has 3 rings (SSSR count). The van der Waals surface area contributed by atoms with Crippen molar-refractivity contribution in [3.05, 3.63) is 23.8 Å². The summed E-state index contributed by atoms with van der Waals surface area (Å²) in [7, 11) is -1.68. The number of amides is 1. The number of rotatable bonds is 4. The lowest BCUT2D eigenvalue weighted by Crippen LogP contribution is -2.45. The van der Waals surface area contributed by atoms with Crippen LogP contribution in [-0.4, -0.2) is 56.2 Å². The van der Waals surface area contributed by atoms with Crippen LogP contribution in [0.3, 0.4) is 0 Å². The van der Waals surface area contributed by atoms with Gasteiger partial charge in [0.15, 0.2) is 11.5 Å². The molecule has 0 aliphatic carbocycles. The first-order valence-electron chi connectivity index (χ1n) is 7.46. The van der Waals surface area contributed by atoms with Crippen LogP contribution in [0.1, 0.15) is 18.4 Å². The summed E-state index contributed by atoms with van der Waals surface area (Å²) in [6.45, 7) is 1.01. The maximum Gasteiger partial charge on any atom is 0.241 e. The zero-order chi connectivity index (χ0) is 16.6. The van der Waals surface area contributed by atoms with Crippen LogP contribution in [0.15, 0.2) is 18.2 Å². The van der Waals surface area contributed by atoms with Crippen molar-refractivity contribution >= 4 is 15.9 Å². The summed E-state index contributed by atoms with van der Waals surface area (Å²) in [6.07, 6.45) is 2.43. The SMILES string of the molecule is CN(Cc1ccc2c(c1)OCO2)C(=O)[C@H]1CCCN1S(C)(=O)=O. The van der Waals surface area contributed by atoms with E-state index in [0.717, 1.165) is 11.8 Å². The highest BCUT2D eigenvalue weighted by atomic mass is 32.2. The van der Waals surface area contributed by atoms with Gasteiger partial charge in [0.2, 0.25) is 22.7 Å². The van der Waals surface area contributed by atoms with Crippen LogP contribution in [-0.2, 0) is 21.4 Å². The lowest BCUT2D eigenvalue weighted by Gasteiger charge is -2.26. The molecule has 2 heterocycles. The molecule has 1 atom stereocenters. The maximum atomic E-state index is 12.6. The third-order valence-electron chi connectivity index (χ3n) is 4.15. The van der Waals surface area contributed by atoms with E-state index in [-0.39, 0.29) is 12.7 Å². The summed E-state index contributed by atoms with van der Waals surface area (Å²) >= 11 is 0. The maximum absolute atomic E-state index is 12.6. The van der Waals surface area contributed by atoms with Gasteiger partial charge >= 0.3 is 0 Å². The quantitative estimate of drug-likeness (QED) is 0.810. The number of benzene rings is 1. The number of hydrogen-bond donors (Lipinski definition) is 0. The zero-order valence-corrected chi connectivity index (χ0v) is 14.0. The van der Waals surface area contributed by atoms with Crippen molar-refractivity contribution in [2.75, 3.05) is 26.6 Å². The fourth-order valence-corrected chi connectivity index (χ4v) is 4.15. The van der Waals surface area contributed by atoms with Gasteiger partial charge in [0.05, 0.1) is 6.26 Å². The van der Waals surface area contributed by atoms with E-state index in [0.29, 0.717) is 37.4 Å². The van der Waals surface area contributed by atoms with Crippen molar-refractivity contribution in [1.82, 2.24) is 9.21 Å². The molecular weight excluding hydrogens is 320 g/mol. The second-order valence-corrected chi connectivity index (χ2v) is 7.85. The molecule has 0 saturated carbocycles. The van der Waals surface area contributed by atoms with E-state index in [9.17, 15) is 13.2 Å². The van der Waals surface area contributed by atoms with Crippen molar-refractivity contribution in [3.63, 3.8) is 0 Å². The molecule has 1 aromatic carbocycles. The van der Waals surface area contributed by atoms with Gasteiger partial charge in [-0.05, 0) is 30.5 Å². The Hall–Kier alpha value is -1.80. The minimum absolute atomic E-state index is 0.175. The van der Waals surface area contributed by atoms with Crippen molar-refractivity contribution in [2.45, 2.75) is 25.4 Å². The number of hydrogen-bond acceptors (Lipinski definition) is 5. The molecule has 0 bridgehead atoms. The number of nitrogens with zero attached hydrogens (tertiary/aromatic N) is 2. The Bertz CT molecular complexity index is 719. The van der Waals surface area contributed by atoms with Crippen LogP contribution in [0.5, 0.6) is 11.5 Å². The van der Waals surface area contributed by atoms with Gasteiger partial charge in [-0.15, -0.1) is 0 Å². The third-order valence-corrected chi connectivity index (χ3v) is 5.44. The van der Waals surface area contributed by atoms with E-state index in [1.54, 1.807) is 11.9 Å². The van der Waals surface area contributed by atoms with Gasteiger partial charge in [0, 0.05) is 20.1 Å². The van der Waals surface area contributed by atoms with E-state index >= 15 is 0 Å². The molecule has 0 aromatic heterocycles. The van der Waals surface area contributed by atoms with Crippen LogP contribution >= 0.6 is 0 Å². The minimum Gasteiger partial charge on any atom is -0.454 e. The molecule has 126 valence electrons. The van der Waals surface area contributed by atoms with E-state index in [4.69, 9.17) is 9.47 Å². The number of fused-ring (bicyclic) bond motifs is 1. The summed E-state index contributed by atoms with van der Waals surface area (Å²) in [5, 5.41) is 0. The molecule has 1 amide bonds. The summed E-state index contributed by atoms with van der Waals surface area (Å²) in [5.74, 6) is 1.19. The van der Waals surface area contributed by atoms with Crippen LogP contribution in [0.2, 0.25) is 0 Å². The molecule has 0 spiro atoms. The lowest BCUT2D eigenvalue weighted by molar-refractivity contribution is -0.133. The Morgan fingerprint density at radius 2 is 2.09 bits per heavy atom.